The van der Waals surface area contributed by atoms with Gasteiger partial charge < -0.3 is 15.7 Å². The van der Waals surface area contributed by atoms with Crippen molar-refractivity contribution in [1.82, 2.24) is 15.0 Å². The molecule has 6 nitrogen and oxygen atoms in total. The monoisotopic (exact) mass is 227 g/mol. The maximum atomic E-state index is 11.6. The first-order valence-electron chi connectivity index (χ1n) is 5.20. The van der Waals surface area contributed by atoms with Crippen molar-refractivity contribution in [3.63, 3.8) is 0 Å². The Morgan fingerprint density at radius 1 is 1.41 bits per heavy atom. The van der Waals surface area contributed by atoms with Crippen LogP contribution in [-0.4, -0.2) is 15.0 Å². The maximum Gasteiger partial charge on any atom is 0.266 e. The molecule has 0 saturated heterocycles. The summed E-state index contributed by atoms with van der Waals surface area (Å²) in [5.41, 5.74) is 8.56. The lowest BCUT2D eigenvalue weighted by Gasteiger charge is -2.14. The predicted octanol–water partition coefficient (Wildman–Crippen LogP) is 0.317. The molecule has 2 aromatic heterocycles. The molecule has 0 amide bonds. The van der Waals surface area contributed by atoms with Crippen LogP contribution in [0.3, 0.4) is 0 Å². The molecule has 1 aliphatic rings. The Morgan fingerprint density at radius 3 is 3.00 bits per heavy atom. The Labute approximate surface area is 96.1 Å². The number of aromatic nitrogens is 3. The third-order valence-electron chi connectivity index (χ3n) is 2.92. The van der Waals surface area contributed by atoms with Crippen LogP contribution in [-0.2, 0) is 12.8 Å². The lowest BCUT2D eigenvalue weighted by Crippen LogP contribution is -2.16. The van der Waals surface area contributed by atoms with E-state index in [0.717, 1.165) is 24.1 Å². The van der Waals surface area contributed by atoms with Crippen LogP contribution < -0.4 is 11.3 Å². The van der Waals surface area contributed by atoms with Crippen molar-refractivity contribution in [3.05, 3.63) is 33.2 Å². The highest BCUT2D eigenvalue weighted by molar-refractivity contribution is 5.66. The third kappa shape index (κ3) is 1.33. The van der Waals surface area contributed by atoms with Crippen LogP contribution in [0.2, 0.25) is 0 Å². The van der Waals surface area contributed by atoms with E-state index < -0.39 is 0 Å². The fourth-order valence-electron chi connectivity index (χ4n) is 2.14. The minimum Gasteiger partial charge on any atom is -0.369 e. The second-order valence-corrected chi connectivity index (χ2v) is 3.97. The average molecular weight is 227 g/mol. The Bertz CT molecular complexity index is 704. The van der Waals surface area contributed by atoms with E-state index in [1.165, 1.54) is 0 Å². The van der Waals surface area contributed by atoms with Gasteiger partial charge in [-0.2, -0.15) is 5.26 Å². The predicted molar refractivity (Wildman–Crippen MR) is 61.2 cm³/mol. The lowest BCUT2D eigenvalue weighted by atomic mass is 9.96. The first-order chi connectivity index (χ1) is 8.19. The number of aryl methyl sites for hydroxylation is 2. The molecule has 1 aliphatic carbocycles. The van der Waals surface area contributed by atoms with Crippen LogP contribution in [0.25, 0.3) is 11.4 Å². The fourth-order valence-corrected chi connectivity index (χ4v) is 2.14. The molecule has 0 atom stereocenters. The lowest BCUT2D eigenvalue weighted by molar-refractivity contribution is 0.892. The van der Waals surface area contributed by atoms with Crippen molar-refractivity contribution in [1.29, 1.82) is 5.26 Å². The van der Waals surface area contributed by atoms with Crippen LogP contribution in [0.5, 0.6) is 0 Å². The van der Waals surface area contributed by atoms with Crippen molar-refractivity contribution in [2.45, 2.75) is 12.8 Å². The quantitative estimate of drug-likeness (QED) is 0.601. The van der Waals surface area contributed by atoms with Gasteiger partial charge in [-0.3, -0.25) is 4.79 Å². The summed E-state index contributed by atoms with van der Waals surface area (Å²) in [6, 6.07) is 3.50. The number of H-pyrrole nitrogens is 2. The number of hydrogen-bond acceptors (Lipinski definition) is 4. The number of fused-ring (bicyclic) bond motifs is 3. The summed E-state index contributed by atoms with van der Waals surface area (Å²) in [7, 11) is 0. The summed E-state index contributed by atoms with van der Waals surface area (Å²) in [5.74, 6) is 0.341. The topological polar surface area (TPSA) is 111 Å². The van der Waals surface area contributed by atoms with E-state index in [9.17, 15) is 4.79 Å². The zero-order chi connectivity index (χ0) is 12.0. The van der Waals surface area contributed by atoms with Crippen molar-refractivity contribution < 1.29 is 0 Å². The molecule has 2 aromatic rings. The van der Waals surface area contributed by atoms with Gasteiger partial charge in [0, 0.05) is 5.69 Å². The Morgan fingerprint density at radius 2 is 2.24 bits per heavy atom. The minimum atomic E-state index is -0.388. The summed E-state index contributed by atoms with van der Waals surface area (Å²) < 4.78 is 0. The number of nitrogen functional groups attached to an aromatic ring is 1. The standard InChI is InChI=1S/C11H9N5O/c12-4-6-3-5-1-2-7-9(16-11(13)14-7)8(5)15-10(6)17/h3H,1-2H2,(H,15,17)(H3,13,14,16). The molecule has 0 aromatic carbocycles. The number of imidazole rings is 1. The molecule has 84 valence electrons. The summed E-state index contributed by atoms with van der Waals surface area (Å²) >= 11 is 0. The fraction of sp³-hybridized carbons (Fsp3) is 0.182. The Hall–Kier alpha value is -2.55. The van der Waals surface area contributed by atoms with Gasteiger partial charge in [-0.15, -0.1) is 0 Å². The molecule has 0 aliphatic heterocycles. The number of nitrogens with two attached hydrogens (primary N) is 1. The first-order valence-corrected chi connectivity index (χ1v) is 5.20. The van der Waals surface area contributed by atoms with E-state index >= 15 is 0 Å². The molecule has 0 bridgehead atoms. The Kier molecular flexibility index (Phi) is 1.83. The third-order valence-corrected chi connectivity index (χ3v) is 2.92. The normalized spacial score (nSPS) is 12.6. The van der Waals surface area contributed by atoms with E-state index in [1.54, 1.807) is 6.07 Å². The average Bonchev–Trinajstić information content (AvgIpc) is 2.69. The number of nitriles is 1. The number of aromatic amines is 2. The van der Waals surface area contributed by atoms with Crippen molar-refractivity contribution in [3.8, 4) is 17.5 Å². The number of rotatable bonds is 0. The van der Waals surface area contributed by atoms with Gasteiger partial charge in [0.1, 0.15) is 17.3 Å². The van der Waals surface area contributed by atoms with Gasteiger partial charge in [0.2, 0.25) is 0 Å². The highest BCUT2D eigenvalue weighted by Crippen LogP contribution is 2.29. The molecule has 6 heteroatoms. The maximum absolute atomic E-state index is 11.6. The number of nitrogens with zero attached hydrogens (tertiary/aromatic N) is 2. The number of hydrogen-bond donors (Lipinski definition) is 3. The van der Waals surface area contributed by atoms with Gasteiger partial charge in [0.05, 0.1) is 5.69 Å². The SMILES string of the molecule is N#Cc1cc2c([nH]c1=O)-c1nc(N)[nH]c1CC2. The minimum absolute atomic E-state index is 0.135. The van der Waals surface area contributed by atoms with E-state index in [-0.39, 0.29) is 11.1 Å². The number of nitrogens with one attached hydrogen (secondary N) is 2. The van der Waals surface area contributed by atoms with Crippen molar-refractivity contribution in [2.24, 2.45) is 0 Å². The zero-order valence-corrected chi connectivity index (χ0v) is 8.87. The van der Waals surface area contributed by atoms with E-state index in [4.69, 9.17) is 11.0 Å². The van der Waals surface area contributed by atoms with Gasteiger partial charge in [0.15, 0.2) is 5.95 Å². The molecule has 0 spiro atoms. The van der Waals surface area contributed by atoms with Crippen molar-refractivity contribution in [2.75, 3.05) is 5.73 Å². The van der Waals surface area contributed by atoms with E-state index in [1.807, 2.05) is 6.07 Å². The molecule has 0 unspecified atom stereocenters. The highest BCUT2D eigenvalue weighted by Gasteiger charge is 2.21. The number of pyridine rings is 1. The summed E-state index contributed by atoms with van der Waals surface area (Å²) in [6.45, 7) is 0. The van der Waals surface area contributed by atoms with Gasteiger partial charge in [-0.1, -0.05) is 0 Å². The first kappa shape index (κ1) is 9.66. The van der Waals surface area contributed by atoms with Gasteiger partial charge in [-0.25, -0.2) is 4.98 Å². The second-order valence-electron chi connectivity index (χ2n) is 3.97. The summed E-state index contributed by atoms with van der Waals surface area (Å²) in [6.07, 6.45) is 1.54. The summed E-state index contributed by atoms with van der Waals surface area (Å²) in [4.78, 5) is 21.4. The molecular formula is C11H9N5O. The molecular weight excluding hydrogens is 218 g/mol. The second kappa shape index (κ2) is 3.22. The van der Waals surface area contributed by atoms with Crippen LogP contribution in [0, 0.1) is 11.3 Å². The molecule has 17 heavy (non-hydrogen) atoms. The number of anilines is 1. The van der Waals surface area contributed by atoms with Gasteiger partial charge in [0.25, 0.3) is 5.56 Å². The smallest absolute Gasteiger partial charge is 0.266 e. The van der Waals surface area contributed by atoms with Crippen LogP contribution in [0.4, 0.5) is 5.95 Å². The van der Waals surface area contributed by atoms with Crippen LogP contribution in [0.1, 0.15) is 16.8 Å². The zero-order valence-electron chi connectivity index (χ0n) is 8.87. The molecule has 3 rings (SSSR count). The summed E-state index contributed by atoms with van der Waals surface area (Å²) in [5, 5.41) is 8.81. The van der Waals surface area contributed by atoms with Crippen molar-refractivity contribution >= 4 is 5.95 Å². The Balaban J connectivity index is 2.30. The highest BCUT2D eigenvalue weighted by atomic mass is 16.1. The molecule has 0 fully saturated rings. The molecule has 0 saturated carbocycles. The van der Waals surface area contributed by atoms with Crippen LogP contribution >= 0.6 is 0 Å². The van der Waals surface area contributed by atoms with Crippen LogP contribution in [0.15, 0.2) is 10.9 Å². The van der Waals surface area contributed by atoms with E-state index in [0.29, 0.717) is 17.3 Å². The molecule has 4 N–H and O–H groups in total. The molecule has 0 radical (unpaired) electrons. The molecule has 2 heterocycles. The largest absolute Gasteiger partial charge is 0.369 e. The van der Waals surface area contributed by atoms with Gasteiger partial charge in [-0.05, 0) is 24.5 Å². The van der Waals surface area contributed by atoms with Gasteiger partial charge >= 0.3 is 0 Å². The van der Waals surface area contributed by atoms with E-state index in [2.05, 4.69) is 15.0 Å².